The Hall–Kier alpha value is -2.04. The number of hydrogen-bond acceptors (Lipinski definition) is 3. The number of anilines is 1. The van der Waals surface area contributed by atoms with Gasteiger partial charge >= 0.3 is 0 Å². The quantitative estimate of drug-likeness (QED) is 0.745. The number of hydrogen-bond donors (Lipinski definition) is 1. The first kappa shape index (κ1) is 13.9. The van der Waals surface area contributed by atoms with Gasteiger partial charge in [-0.15, -0.1) is 0 Å². The molecule has 0 spiro atoms. The third-order valence-electron chi connectivity index (χ3n) is 3.01. The van der Waals surface area contributed by atoms with Crippen LogP contribution in [0, 0.1) is 0 Å². The maximum atomic E-state index is 6.01. The molecule has 1 aromatic heterocycles. The Morgan fingerprint density at radius 2 is 1.90 bits per heavy atom. The van der Waals surface area contributed by atoms with Gasteiger partial charge in [-0.1, -0.05) is 41.4 Å². The zero-order chi connectivity index (χ0) is 14.8. The molecule has 2 N–H and O–H groups in total. The topological polar surface area (TPSA) is 56.7 Å². The van der Waals surface area contributed by atoms with Gasteiger partial charge in [-0.2, -0.15) is 5.10 Å². The van der Waals surface area contributed by atoms with Gasteiger partial charge < -0.3 is 5.73 Å². The van der Waals surface area contributed by atoms with E-state index < -0.39 is 0 Å². The highest BCUT2D eigenvalue weighted by atomic mass is 35.5. The molecule has 0 unspecified atom stereocenters. The number of nitrogens with two attached hydrogens (primary N) is 1. The number of halogens is 2. The smallest absolute Gasteiger partial charge is 0.181 e. The highest BCUT2D eigenvalue weighted by Crippen LogP contribution is 2.23. The zero-order valence-electron chi connectivity index (χ0n) is 11.0. The summed E-state index contributed by atoms with van der Waals surface area (Å²) >= 11 is 11.9. The first-order valence-electron chi connectivity index (χ1n) is 6.31. The molecular formula is C15H12Cl2N4. The molecule has 2 aromatic carbocycles. The van der Waals surface area contributed by atoms with Gasteiger partial charge in [0.15, 0.2) is 5.82 Å². The number of benzene rings is 2. The molecule has 21 heavy (non-hydrogen) atoms. The fraction of sp³-hybridized carbons (Fsp3) is 0.0667. The zero-order valence-corrected chi connectivity index (χ0v) is 12.5. The van der Waals surface area contributed by atoms with Crippen molar-refractivity contribution in [2.24, 2.45) is 0 Å². The van der Waals surface area contributed by atoms with E-state index >= 15 is 0 Å². The minimum absolute atomic E-state index is 0.533. The van der Waals surface area contributed by atoms with Crippen LogP contribution in [0.15, 0.2) is 48.8 Å². The summed E-state index contributed by atoms with van der Waals surface area (Å²) in [5, 5.41) is 5.52. The van der Waals surface area contributed by atoms with Crippen molar-refractivity contribution < 1.29 is 0 Å². The van der Waals surface area contributed by atoms with Gasteiger partial charge in [0, 0.05) is 11.3 Å². The van der Waals surface area contributed by atoms with Gasteiger partial charge in [-0.05, 0) is 29.8 Å². The summed E-state index contributed by atoms with van der Waals surface area (Å²) in [4.78, 5) is 4.30. The highest BCUT2D eigenvalue weighted by molar-refractivity contribution is 6.42. The second kappa shape index (κ2) is 5.76. The summed E-state index contributed by atoms with van der Waals surface area (Å²) in [6.07, 6.45) is 1.68. The average Bonchev–Trinajstić information content (AvgIpc) is 2.91. The Balaban J connectivity index is 1.83. The second-order valence-electron chi connectivity index (χ2n) is 4.64. The Labute approximate surface area is 132 Å². The lowest BCUT2D eigenvalue weighted by Crippen LogP contribution is -2.00. The number of aromatic nitrogens is 3. The van der Waals surface area contributed by atoms with Gasteiger partial charge in [-0.3, -0.25) is 0 Å². The number of nitrogens with zero attached hydrogens (tertiary/aromatic N) is 3. The summed E-state index contributed by atoms with van der Waals surface area (Å²) in [6.45, 7) is 0.576. The Morgan fingerprint density at radius 3 is 2.67 bits per heavy atom. The largest absolute Gasteiger partial charge is 0.399 e. The molecular weight excluding hydrogens is 307 g/mol. The van der Waals surface area contributed by atoms with Crippen LogP contribution in [0.25, 0.3) is 11.4 Å². The number of nitrogen functional groups attached to an aromatic ring is 1. The molecule has 0 atom stereocenters. The van der Waals surface area contributed by atoms with Gasteiger partial charge in [0.05, 0.1) is 16.6 Å². The van der Waals surface area contributed by atoms with E-state index in [-0.39, 0.29) is 0 Å². The molecule has 0 saturated heterocycles. The molecule has 0 aliphatic heterocycles. The Kier molecular flexibility index (Phi) is 3.82. The van der Waals surface area contributed by atoms with Crippen LogP contribution in [0.1, 0.15) is 5.56 Å². The van der Waals surface area contributed by atoms with Crippen molar-refractivity contribution in [2.75, 3.05) is 5.73 Å². The van der Waals surface area contributed by atoms with Crippen molar-refractivity contribution in [2.45, 2.75) is 6.54 Å². The minimum Gasteiger partial charge on any atom is -0.399 e. The van der Waals surface area contributed by atoms with Crippen LogP contribution in [0.5, 0.6) is 0 Å². The van der Waals surface area contributed by atoms with Crippen LogP contribution in [-0.4, -0.2) is 14.8 Å². The molecule has 1 heterocycles. The normalized spacial score (nSPS) is 10.8. The van der Waals surface area contributed by atoms with Crippen molar-refractivity contribution >= 4 is 28.9 Å². The van der Waals surface area contributed by atoms with Crippen molar-refractivity contribution in [1.82, 2.24) is 14.8 Å². The van der Waals surface area contributed by atoms with Gasteiger partial charge in [0.1, 0.15) is 6.33 Å². The lowest BCUT2D eigenvalue weighted by Gasteiger charge is -2.03. The van der Waals surface area contributed by atoms with Crippen molar-refractivity contribution in [3.05, 3.63) is 64.4 Å². The van der Waals surface area contributed by atoms with E-state index in [2.05, 4.69) is 10.1 Å². The first-order chi connectivity index (χ1) is 10.1. The van der Waals surface area contributed by atoms with Crippen molar-refractivity contribution in [1.29, 1.82) is 0 Å². The summed E-state index contributed by atoms with van der Waals surface area (Å²) in [5.74, 6) is 0.641. The molecule has 0 fully saturated rings. The summed E-state index contributed by atoms with van der Waals surface area (Å²) in [6, 6.07) is 13.0. The fourth-order valence-electron chi connectivity index (χ4n) is 2.01. The van der Waals surface area contributed by atoms with Crippen LogP contribution < -0.4 is 5.73 Å². The van der Waals surface area contributed by atoms with E-state index in [1.807, 2.05) is 36.4 Å². The predicted octanol–water partition coefficient (Wildman–Crippen LogP) is 3.88. The third-order valence-corrected chi connectivity index (χ3v) is 3.75. The minimum atomic E-state index is 0.533. The molecule has 0 aliphatic carbocycles. The van der Waals surface area contributed by atoms with E-state index in [0.717, 1.165) is 11.1 Å². The van der Waals surface area contributed by atoms with E-state index in [1.54, 1.807) is 17.1 Å². The van der Waals surface area contributed by atoms with Gasteiger partial charge in [-0.25, -0.2) is 9.67 Å². The van der Waals surface area contributed by atoms with E-state index in [4.69, 9.17) is 28.9 Å². The monoisotopic (exact) mass is 318 g/mol. The van der Waals surface area contributed by atoms with Gasteiger partial charge in [0.2, 0.25) is 0 Å². The molecule has 3 aromatic rings. The standard InChI is InChI=1S/C15H12Cl2N4/c16-13-5-4-10(6-14(13)17)8-21-9-19-15(20-21)11-2-1-3-12(18)7-11/h1-7,9H,8,18H2. The molecule has 0 amide bonds. The van der Waals surface area contributed by atoms with E-state index in [1.165, 1.54) is 0 Å². The third kappa shape index (κ3) is 3.17. The molecule has 0 radical (unpaired) electrons. The Morgan fingerprint density at radius 1 is 1.05 bits per heavy atom. The molecule has 106 valence electrons. The van der Waals surface area contributed by atoms with E-state index in [9.17, 15) is 0 Å². The number of rotatable bonds is 3. The lowest BCUT2D eigenvalue weighted by molar-refractivity contribution is 0.687. The van der Waals surface area contributed by atoms with Crippen molar-refractivity contribution in [3.8, 4) is 11.4 Å². The molecule has 0 aliphatic rings. The Bertz CT molecular complexity index is 783. The fourth-order valence-corrected chi connectivity index (χ4v) is 2.33. The van der Waals surface area contributed by atoms with Crippen LogP contribution in [0.2, 0.25) is 10.0 Å². The summed E-state index contributed by atoms with van der Waals surface area (Å²) in [5.41, 5.74) is 8.36. The van der Waals surface area contributed by atoms with Crippen molar-refractivity contribution in [3.63, 3.8) is 0 Å². The predicted molar refractivity (Wildman–Crippen MR) is 85.4 cm³/mol. The summed E-state index contributed by atoms with van der Waals surface area (Å²) < 4.78 is 1.75. The van der Waals surface area contributed by atoms with Crippen LogP contribution in [-0.2, 0) is 6.54 Å². The van der Waals surface area contributed by atoms with E-state index in [0.29, 0.717) is 28.1 Å². The maximum absolute atomic E-state index is 6.01. The first-order valence-corrected chi connectivity index (χ1v) is 7.07. The lowest BCUT2D eigenvalue weighted by atomic mass is 10.2. The molecule has 3 rings (SSSR count). The van der Waals surface area contributed by atoms with Gasteiger partial charge in [0.25, 0.3) is 0 Å². The highest BCUT2D eigenvalue weighted by Gasteiger charge is 2.06. The summed E-state index contributed by atoms with van der Waals surface area (Å²) in [7, 11) is 0. The average molecular weight is 319 g/mol. The molecule has 4 nitrogen and oxygen atoms in total. The van der Waals surface area contributed by atoms with Crippen LogP contribution in [0.3, 0.4) is 0 Å². The molecule has 0 saturated carbocycles. The van der Waals surface area contributed by atoms with Crippen LogP contribution >= 0.6 is 23.2 Å². The second-order valence-corrected chi connectivity index (χ2v) is 5.45. The molecule has 6 heteroatoms. The SMILES string of the molecule is Nc1cccc(-c2ncn(Cc3ccc(Cl)c(Cl)c3)n2)c1. The maximum Gasteiger partial charge on any atom is 0.181 e. The molecule has 0 bridgehead atoms. The van der Waals surface area contributed by atoms with Crippen LogP contribution in [0.4, 0.5) is 5.69 Å².